The summed E-state index contributed by atoms with van der Waals surface area (Å²) >= 11 is 0. The topological polar surface area (TPSA) is 138 Å². The van der Waals surface area contributed by atoms with Gasteiger partial charge in [-0.15, -0.1) is 0 Å². The summed E-state index contributed by atoms with van der Waals surface area (Å²) in [7, 11) is 2.83. The maximum atomic E-state index is 10.1. The molecule has 5 N–H and O–H groups in total. The van der Waals surface area contributed by atoms with Crippen LogP contribution in [0.25, 0.3) is 0 Å². The fraction of sp³-hybridized carbons (Fsp3) is 0.625. The van der Waals surface area contributed by atoms with Crippen LogP contribution >= 0.6 is 0 Å². The maximum absolute atomic E-state index is 10.1. The summed E-state index contributed by atoms with van der Waals surface area (Å²) in [5.74, 6) is 0.676. The smallest absolute Gasteiger partial charge is 0.229 e. The summed E-state index contributed by atoms with van der Waals surface area (Å²) in [5.41, 5.74) is 0.748. The summed E-state index contributed by atoms with van der Waals surface area (Å²) in [5, 5.41) is 48.1. The number of aliphatic hydroxyl groups excluding tert-OH is 5. The van der Waals surface area contributed by atoms with E-state index in [0.29, 0.717) is 6.42 Å². The third-order valence-electron chi connectivity index (χ3n) is 4.00. The second kappa shape index (κ2) is 8.65. The van der Waals surface area contributed by atoms with Gasteiger partial charge in [0.1, 0.15) is 24.4 Å². The van der Waals surface area contributed by atoms with Gasteiger partial charge in [0.25, 0.3) is 0 Å². The molecule has 5 atom stereocenters. The molecule has 1 aromatic carbocycles. The number of hydrogen-bond acceptors (Lipinski definition) is 9. The van der Waals surface area contributed by atoms with Gasteiger partial charge in [0.05, 0.1) is 20.8 Å². The van der Waals surface area contributed by atoms with Crippen molar-refractivity contribution in [3.05, 3.63) is 17.7 Å². The fourth-order valence-electron chi connectivity index (χ4n) is 2.60. The minimum atomic E-state index is -1.55. The van der Waals surface area contributed by atoms with Gasteiger partial charge < -0.3 is 44.5 Å². The van der Waals surface area contributed by atoms with Crippen LogP contribution in [0.5, 0.6) is 17.2 Å². The van der Waals surface area contributed by atoms with Crippen molar-refractivity contribution < 1.29 is 44.5 Å². The molecule has 0 bridgehead atoms. The van der Waals surface area contributed by atoms with Crippen LogP contribution in [0.15, 0.2) is 12.1 Å². The highest BCUT2D eigenvalue weighted by atomic mass is 16.7. The van der Waals surface area contributed by atoms with E-state index in [9.17, 15) is 20.4 Å². The Morgan fingerprint density at radius 3 is 2.04 bits per heavy atom. The standard InChI is InChI=1S/C16H24O9/c1-22-9-5-8(3-4-17)6-10(23-2)15(9)25-16-14(21)13(20)12(19)11(7-18)24-16/h5-6,11-14,16-21H,3-4,7H2,1-2H3/t11-,12-,13+,14-,16+/m1/s1. The highest BCUT2D eigenvalue weighted by molar-refractivity contribution is 5.54. The predicted molar refractivity (Wildman–Crippen MR) is 84.7 cm³/mol. The first-order valence-corrected chi connectivity index (χ1v) is 7.79. The van der Waals surface area contributed by atoms with Crippen LogP contribution in [0.1, 0.15) is 5.56 Å². The molecule has 0 aromatic heterocycles. The number of methoxy groups -OCH3 is 2. The van der Waals surface area contributed by atoms with Crippen molar-refractivity contribution in [1.82, 2.24) is 0 Å². The Morgan fingerprint density at radius 1 is 0.960 bits per heavy atom. The summed E-state index contributed by atoms with van der Waals surface area (Å²) in [6, 6.07) is 3.27. The van der Waals surface area contributed by atoms with Gasteiger partial charge >= 0.3 is 0 Å². The second-order valence-corrected chi connectivity index (χ2v) is 5.62. The van der Waals surface area contributed by atoms with Crippen LogP contribution in [-0.2, 0) is 11.2 Å². The van der Waals surface area contributed by atoms with E-state index in [4.69, 9.17) is 24.1 Å². The Bertz CT molecular complexity index is 538. The predicted octanol–water partition coefficient (Wildman–Crippen LogP) is -1.58. The molecule has 9 heteroatoms. The monoisotopic (exact) mass is 360 g/mol. The number of rotatable bonds is 7. The largest absolute Gasteiger partial charge is 0.493 e. The van der Waals surface area contributed by atoms with Crippen LogP contribution < -0.4 is 14.2 Å². The van der Waals surface area contributed by atoms with Crippen molar-refractivity contribution in [2.45, 2.75) is 37.1 Å². The summed E-state index contributed by atoms with van der Waals surface area (Å²) in [4.78, 5) is 0. The van der Waals surface area contributed by atoms with Crippen molar-refractivity contribution in [2.24, 2.45) is 0 Å². The molecule has 25 heavy (non-hydrogen) atoms. The summed E-state index contributed by atoms with van der Waals surface area (Å²) in [6.07, 6.45) is -6.65. The molecule has 2 rings (SSSR count). The Labute approximate surface area is 145 Å². The highest BCUT2D eigenvalue weighted by Crippen LogP contribution is 2.40. The lowest BCUT2D eigenvalue weighted by Gasteiger charge is -2.39. The zero-order chi connectivity index (χ0) is 18.6. The van der Waals surface area contributed by atoms with Crippen LogP contribution in [0.3, 0.4) is 0 Å². The quantitative estimate of drug-likeness (QED) is 0.390. The van der Waals surface area contributed by atoms with Gasteiger partial charge in [-0.3, -0.25) is 0 Å². The van der Waals surface area contributed by atoms with E-state index in [1.165, 1.54) is 14.2 Å². The van der Waals surface area contributed by atoms with Gasteiger partial charge in [-0.25, -0.2) is 0 Å². The van der Waals surface area contributed by atoms with Gasteiger partial charge in [0.15, 0.2) is 11.5 Å². The van der Waals surface area contributed by atoms with Gasteiger partial charge in [-0.05, 0) is 24.1 Å². The van der Waals surface area contributed by atoms with Crippen molar-refractivity contribution in [3.63, 3.8) is 0 Å². The Morgan fingerprint density at radius 2 is 1.56 bits per heavy atom. The van der Waals surface area contributed by atoms with E-state index in [-0.39, 0.29) is 23.9 Å². The number of benzene rings is 1. The molecule has 1 aliphatic rings. The average molecular weight is 360 g/mol. The molecule has 0 amide bonds. The molecule has 0 unspecified atom stereocenters. The molecule has 1 aliphatic heterocycles. The zero-order valence-electron chi connectivity index (χ0n) is 14.0. The van der Waals surface area contributed by atoms with Crippen LogP contribution in [0.4, 0.5) is 0 Å². The molecule has 1 heterocycles. The van der Waals surface area contributed by atoms with Crippen LogP contribution in [0.2, 0.25) is 0 Å². The molecule has 1 fully saturated rings. The summed E-state index contributed by atoms with van der Waals surface area (Å²) in [6.45, 7) is -0.617. The van der Waals surface area contributed by atoms with Crippen molar-refractivity contribution >= 4 is 0 Å². The lowest BCUT2D eigenvalue weighted by Crippen LogP contribution is -2.60. The first-order chi connectivity index (χ1) is 12.0. The molecule has 1 saturated heterocycles. The third kappa shape index (κ3) is 4.14. The first kappa shape index (κ1) is 19.7. The highest BCUT2D eigenvalue weighted by Gasteiger charge is 2.45. The number of aliphatic hydroxyl groups is 5. The normalized spacial score (nSPS) is 29.3. The molecule has 1 aromatic rings. The fourth-order valence-corrected chi connectivity index (χ4v) is 2.60. The van der Waals surface area contributed by atoms with Crippen LogP contribution in [0, 0.1) is 0 Å². The van der Waals surface area contributed by atoms with E-state index >= 15 is 0 Å². The Hall–Kier alpha value is -1.62. The van der Waals surface area contributed by atoms with Crippen molar-refractivity contribution in [2.75, 3.05) is 27.4 Å². The minimum Gasteiger partial charge on any atom is -0.493 e. The van der Waals surface area contributed by atoms with Gasteiger partial charge in [0, 0.05) is 6.61 Å². The second-order valence-electron chi connectivity index (χ2n) is 5.62. The molecule has 142 valence electrons. The zero-order valence-corrected chi connectivity index (χ0v) is 14.0. The maximum Gasteiger partial charge on any atom is 0.229 e. The number of hydrogen-bond donors (Lipinski definition) is 5. The summed E-state index contributed by atoms with van der Waals surface area (Å²) < 4.78 is 21.5. The molecular formula is C16H24O9. The average Bonchev–Trinajstić information content (AvgIpc) is 2.62. The lowest BCUT2D eigenvalue weighted by atomic mass is 9.99. The Kier molecular flexibility index (Phi) is 6.82. The molecule has 9 nitrogen and oxygen atoms in total. The third-order valence-corrected chi connectivity index (χ3v) is 4.00. The van der Waals surface area contributed by atoms with Crippen molar-refractivity contribution in [1.29, 1.82) is 0 Å². The molecule has 0 spiro atoms. The molecule has 0 radical (unpaired) electrons. The van der Waals surface area contributed by atoms with E-state index in [0.717, 1.165) is 5.56 Å². The lowest BCUT2D eigenvalue weighted by molar-refractivity contribution is -0.277. The Balaban J connectivity index is 2.31. The van der Waals surface area contributed by atoms with Crippen LogP contribution in [-0.4, -0.2) is 83.7 Å². The van der Waals surface area contributed by atoms with E-state index < -0.39 is 37.3 Å². The molecule has 0 saturated carbocycles. The SMILES string of the molecule is COc1cc(CCO)cc(OC)c1O[C@@H]1O[C@H](CO)[C@@H](O)[C@H](O)[C@H]1O. The van der Waals surface area contributed by atoms with E-state index in [1.54, 1.807) is 12.1 Å². The van der Waals surface area contributed by atoms with Gasteiger partial charge in [0.2, 0.25) is 12.0 Å². The number of ether oxygens (including phenoxy) is 4. The van der Waals surface area contributed by atoms with Gasteiger partial charge in [-0.1, -0.05) is 0 Å². The molecular weight excluding hydrogens is 336 g/mol. The molecule has 0 aliphatic carbocycles. The first-order valence-electron chi connectivity index (χ1n) is 7.79. The minimum absolute atomic E-state index is 0.0563. The van der Waals surface area contributed by atoms with Crippen molar-refractivity contribution in [3.8, 4) is 17.2 Å². The van der Waals surface area contributed by atoms with E-state index in [1.807, 2.05) is 0 Å². The van der Waals surface area contributed by atoms with Gasteiger partial charge in [-0.2, -0.15) is 0 Å². The van der Waals surface area contributed by atoms with E-state index in [2.05, 4.69) is 0 Å².